The van der Waals surface area contributed by atoms with Gasteiger partial charge in [-0.05, 0) is 52.7 Å². The maximum atomic E-state index is 12.7. The molecule has 3 rings (SSSR count). The van der Waals surface area contributed by atoms with Crippen LogP contribution in [0.1, 0.15) is 15.9 Å². The molecule has 0 aliphatic heterocycles. The van der Waals surface area contributed by atoms with Gasteiger partial charge in [0.1, 0.15) is 5.75 Å². The highest BCUT2D eigenvalue weighted by Gasteiger charge is 2.14. The fourth-order valence-electron chi connectivity index (χ4n) is 2.99. The minimum atomic E-state index is -3.40. The van der Waals surface area contributed by atoms with Gasteiger partial charge in [-0.1, -0.05) is 24.3 Å². The first kappa shape index (κ1) is 19.7. The van der Waals surface area contributed by atoms with E-state index in [0.29, 0.717) is 17.8 Å². The molecular weight excluding hydrogens is 376 g/mol. The standard InChI is InChI=1S/C21H22N2O4S/c1-23(21(24)18-5-4-6-19(12-18)22-28(3,25)26)14-15-7-8-17-13-20(27-2)10-9-16(17)11-15/h4-13,22H,14H2,1-3H3. The molecule has 6 nitrogen and oxygen atoms in total. The number of carbonyl (C=O) groups is 1. The van der Waals surface area contributed by atoms with Gasteiger partial charge in [0.05, 0.1) is 13.4 Å². The Bertz CT molecular complexity index is 1130. The minimum Gasteiger partial charge on any atom is -0.497 e. The van der Waals surface area contributed by atoms with E-state index in [-0.39, 0.29) is 5.91 Å². The molecule has 0 saturated carbocycles. The van der Waals surface area contributed by atoms with Crippen LogP contribution in [0, 0.1) is 0 Å². The molecule has 0 bridgehead atoms. The molecule has 0 aliphatic rings. The van der Waals surface area contributed by atoms with E-state index in [9.17, 15) is 13.2 Å². The molecular formula is C21H22N2O4S. The molecule has 0 atom stereocenters. The average molecular weight is 398 g/mol. The lowest BCUT2D eigenvalue weighted by Gasteiger charge is -2.18. The Balaban J connectivity index is 1.77. The summed E-state index contributed by atoms with van der Waals surface area (Å²) < 4.78 is 30.4. The monoisotopic (exact) mass is 398 g/mol. The summed E-state index contributed by atoms with van der Waals surface area (Å²) in [6.45, 7) is 0.435. The van der Waals surface area contributed by atoms with Gasteiger partial charge in [-0.3, -0.25) is 9.52 Å². The van der Waals surface area contributed by atoms with E-state index in [1.165, 1.54) is 6.07 Å². The third-order valence-corrected chi connectivity index (χ3v) is 4.90. The second kappa shape index (κ2) is 7.90. The van der Waals surface area contributed by atoms with Crippen LogP contribution in [0.4, 0.5) is 5.69 Å². The predicted molar refractivity (Wildman–Crippen MR) is 111 cm³/mol. The van der Waals surface area contributed by atoms with E-state index in [1.807, 2.05) is 36.4 Å². The molecule has 1 amide bonds. The zero-order chi connectivity index (χ0) is 20.3. The lowest BCUT2D eigenvalue weighted by Crippen LogP contribution is -2.26. The Morgan fingerprint density at radius 3 is 2.46 bits per heavy atom. The summed E-state index contributed by atoms with van der Waals surface area (Å²) in [6, 6.07) is 18.3. The van der Waals surface area contributed by atoms with E-state index >= 15 is 0 Å². The van der Waals surface area contributed by atoms with Crippen LogP contribution < -0.4 is 9.46 Å². The SMILES string of the molecule is COc1ccc2cc(CN(C)C(=O)c3cccc(NS(C)(=O)=O)c3)ccc2c1. The van der Waals surface area contributed by atoms with Crippen molar-refractivity contribution in [2.24, 2.45) is 0 Å². The van der Waals surface area contributed by atoms with Crippen molar-refractivity contribution >= 4 is 32.4 Å². The normalized spacial score (nSPS) is 11.2. The predicted octanol–water partition coefficient (Wildman–Crippen LogP) is 3.49. The molecule has 0 fully saturated rings. The van der Waals surface area contributed by atoms with Gasteiger partial charge in [0.2, 0.25) is 10.0 Å². The summed E-state index contributed by atoms with van der Waals surface area (Å²) in [6.07, 6.45) is 1.07. The van der Waals surface area contributed by atoms with Crippen molar-refractivity contribution < 1.29 is 17.9 Å². The molecule has 0 saturated heterocycles. The highest BCUT2D eigenvalue weighted by Crippen LogP contribution is 2.23. The molecule has 1 N–H and O–H groups in total. The van der Waals surface area contributed by atoms with E-state index in [1.54, 1.807) is 37.3 Å². The van der Waals surface area contributed by atoms with E-state index in [2.05, 4.69) is 4.72 Å². The topological polar surface area (TPSA) is 75.7 Å². The molecule has 0 aromatic heterocycles. The maximum Gasteiger partial charge on any atom is 0.253 e. The number of methoxy groups -OCH3 is 1. The van der Waals surface area contributed by atoms with Crippen molar-refractivity contribution in [2.75, 3.05) is 25.1 Å². The highest BCUT2D eigenvalue weighted by atomic mass is 32.2. The van der Waals surface area contributed by atoms with Crippen LogP contribution >= 0.6 is 0 Å². The van der Waals surface area contributed by atoms with Gasteiger partial charge in [-0.15, -0.1) is 0 Å². The number of carbonyl (C=O) groups excluding carboxylic acids is 1. The molecule has 28 heavy (non-hydrogen) atoms. The Morgan fingerprint density at radius 1 is 1.04 bits per heavy atom. The third-order valence-electron chi connectivity index (χ3n) is 4.29. The van der Waals surface area contributed by atoms with Crippen LogP contribution in [0.25, 0.3) is 10.8 Å². The minimum absolute atomic E-state index is 0.188. The number of amides is 1. The summed E-state index contributed by atoms with van der Waals surface area (Å²) in [7, 11) is -0.0432. The van der Waals surface area contributed by atoms with E-state index in [0.717, 1.165) is 28.3 Å². The Kier molecular flexibility index (Phi) is 5.56. The van der Waals surface area contributed by atoms with Crippen LogP contribution in [0.3, 0.4) is 0 Å². The summed E-state index contributed by atoms with van der Waals surface area (Å²) >= 11 is 0. The first-order valence-electron chi connectivity index (χ1n) is 8.65. The van der Waals surface area contributed by atoms with Gasteiger partial charge < -0.3 is 9.64 Å². The molecule has 0 aliphatic carbocycles. The Morgan fingerprint density at radius 2 is 1.75 bits per heavy atom. The smallest absolute Gasteiger partial charge is 0.253 e. The van der Waals surface area contributed by atoms with Crippen molar-refractivity contribution in [1.82, 2.24) is 4.90 Å². The number of hydrogen-bond donors (Lipinski definition) is 1. The van der Waals surface area contributed by atoms with Gasteiger partial charge in [-0.2, -0.15) is 0 Å². The Labute approximate surface area is 164 Å². The molecule has 3 aromatic carbocycles. The zero-order valence-electron chi connectivity index (χ0n) is 16.0. The largest absolute Gasteiger partial charge is 0.497 e. The highest BCUT2D eigenvalue weighted by molar-refractivity contribution is 7.92. The number of ether oxygens (including phenoxy) is 1. The number of rotatable bonds is 6. The summed E-state index contributed by atoms with van der Waals surface area (Å²) in [5, 5.41) is 2.13. The van der Waals surface area contributed by atoms with Crippen molar-refractivity contribution in [3.05, 3.63) is 71.8 Å². The number of benzene rings is 3. The quantitative estimate of drug-likeness (QED) is 0.690. The molecule has 3 aromatic rings. The molecule has 0 heterocycles. The fraction of sp³-hybridized carbons (Fsp3) is 0.190. The first-order valence-corrected chi connectivity index (χ1v) is 10.5. The van der Waals surface area contributed by atoms with Crippen LogP contribution in [0.5, 0.6) is 5.75 Å². The second-order valence-corrected chi connectivity index (χ2v) is 8.41. The van der Waals surface area contributed by atoms with Crippen molar-refractivity contribution in [3.8, 4) is 5.75 Å². The van der Waals surface area contributed by atoms with Crippen LogP contribution in [-0.4, -0.2) is 39.6 Å². The van der Waals surface area contributed by atoms with Gasteiger partial charge in [-0.25, -0.2) is 8.42 Å². The van der Waals surface area contributed by atoms with Gasteiger partial charge in [0.25, 0.3) is 5.91 Å². The summed E-state index contributed by atoms with van der Waals surface area (Å²) in [5.41, 5.74) is 1.78. The number of fused-ring (bicyclic) bond motifs is 1. The molecule has 0 spiro atoms. The third kappa shape index (κ3) is 4.80. The van der Waals surface area contributed by atoms with Crippen LogP contribution in [-0.2, 0) is 16.6 Å². The second-order valence-electron chi connectivity index (χ2n) is 6.66. The summed E-state index contributed by atoms with van der Waals surface area (Å²) in [4.78, 5) is 14.3. The van der Waals surface area contributed by atoms with Crippen LogP contribution in [0.2, 0.25) is 0 Å². The van der Waals surface area contributed by atoms with Gasteiger partial charge in [0.15, 0.2) is 0 Å². The number of hydrogen-bond acceptors (Lipinski definition) is 4. The summed E-state index contributed by atoms with van der Waals surface area (Å²) in [5.74, 6) is 0.613. The fourth-order valence-corrected chi connectivity index (χ4v) is 3.55. The first-order chi connectivity index (χ1) is 13.2. The van der Waals surface area contributed by atoms with E-state index in [4.69, 9.17) is 4.74 Å². The number of nitrogens with one attached hydrogen (secondary N) is 1. The lowest BCUT2D eigenvalue weighted by atomic mass is 10.1. The van der Waals surface area contributed by atoms with E-state index < -0.39 is 10.0 Å². The molecule has 0 radical (unpaired) electrons. The zero-order valence-corrected chi connectivity index (χ0v) is 16.8. The Hall–Kier alpha value is -3.06. The number of sulfonamides is 1. The molecule has 7 heteroatoms. The van der Waals surface area contributed by atoms with Crippen molar-refractivity contribution in [3.63, 3.8) is 0 Å². The molecule has 146 valence electrons. The van der Waals surface area contributed by atoms with Gasteiger partial charge >= 0.3 is 0 Å². The van der Waals surface area contributed by atoms with Crippen molar-refractivity contribution in [2.45, 2.75) is 6.54 Å². The average Bonchev–Trinajstić information content (AvgIpc) is 2.65. The van der Waals surface area contributed by atoms with Gasteiger partial charge in [0, 0.05) is 24.8 Å². The number of nitrogens with zero attached hydrogens (tertiary/aromatic N) is 1. The number of anilines is 1. The lowest BCUT2D eigenvalue weighted by molar-refractivity contribution is 0.0785. The molecule has 0 unspecified atom stereocenters. The van der Waals surface area contributed by atoms with Crippen LogP contribution in [0.15, 0.2) is 60.7 Å². The van der Waals surface area contributed by atoms with Crippen molar-refractivity contribution in [1.29, 1.82) is 0 Å². The maximum absolute atomic E-state index is 12.7.